The van der Waals surface area contributed by atoms with E-state index in [1.54, 1.807) is 0 Å². The van der Waals surface area contributed by atoms with Crippen LogP contribution in [0.15, 0.2) is 36.4 Å². The maximum absolute atomic E-state index is 12.4. The van der Waals surface area contributed by atoms with Crippen LogP contribution in [0.2, 0.25) is 20.1 Å². The molecule has 31 heavy (non-hydrogen) atoms. The summed E-state index contributed by atoms with van der Waals surface area (Å²) in [5.41, 5.74) is 0. The molecule has 2 atom stereocenters. The summed E-state index contributed by atoms with van der Waals surface area (Å²) in [5, 5.41) is 1.07. The van der Waals surface area contributed by atoms with Crippen molar-refractivity contribution in [2.45, 2.75) is 12.8 Å². The second kappa shape index (κ2) is 9.96. The lowest BCUT2D eigenvalue weighted by Crippen LogP contribution is -2.23. The molecule has 1 saturated heterocycles. The van der Waals surface area contributed by atoms with Gasteiger partial charge in [-0.05, 0) is 48.2 Å². The zero-order valence-corrected chi connectivity index (χ0v) is 19.7. The van der Waals surface area contributed by atoms with E-state index in [4.69, 9.17) is 55.9 Å². The highest BCUT2D eigenvalue weighted by Crippen LogP contribution is 2.34. The Kier molecular flexibility index (Phi) is 7.76. The van der Waals surface area contributed by atoms with Crippen LogP contribution in [0.3, 0.4) is 0 Å². The van der Waals surface area contributed by atoms with Gasteiger partial charge in [0, 0.05) is 10.0 Å². The molecule has 0 radical (unpaired) electrons. The molecule has 0 unspecified atom stereocenters. The van der Waals surface area contributed by atoms with Crippen molar-refractivity contribution in [1.82, 2.24) is 0 Å². The van der Waals surface area contributed by atoms with Gasteiger partial charge in [0.15, 0.2) is 9.84 Å². The summed E-state index contributed by atoms with van der Waals surface area (Å²) >= 11 is 23.6. The van der Waals surface area contributed by atoms with Crippen molar-refractivity contribution in [2.24, 2.45) is 11.8 Å². The zero-order valence-electron chi connectivity index (χ0n) is 15.8. The quantitative estimate of drug-likeness (QED) is 0.378. The maximum Gasteiger partial charge on any atom is 0.311 e. The molecule has 2 aromatic carbocycles. The molecule has 0 aliphatic carbocycles. The van der Waals surface area contributed by atoms with E-state index in [1.165, 1.54) is 36.4 Å². The summed E-state index contributed by atoms with van der Waals surface area (Å²) in [7, 11) is -3.41. The maximum atomic E-state index is 12.4. The van der Waals surface area contributed by atoms with Crippen molar-refractivity contribution in [3.63, 3.8) is 0 Å². The fourth-order valence-corrected chi connectivity index (χ4v) is 6.43. The lowest BCUT2D eigenvalue weighted by molar-refractivity contribution is -0.138. The van der Waals surface area contributed by atoms with Crippen molar-refractivity contribution in [3.8, 4) is 11.5 Å². The Hall–Kier alpha value is -1.51. The standard InChI is InChI=1S/C20H16Cl4O6S/c21-13-1-3-17(15(23)7-13)29-19(25)5-11-9-31(27,28)10-12(11)6-20(26)30-18-4-2-14(22)8-16(18)24/h1-4,7-8,11-12H,5-6,9-10H2/t11-,12-/m1/s1. The van der Waals surface area contributed by atoms with E-state index in [1.807, 2.05) is 0 Å². The van der Waals surface area contributed by atoms with E-state index in [0.717, 1.165) is 0 Å². The van der Waals surface area contributed by atoms with Crippen LogP contribution in [0.1, 0.15) is 12.8 Å². The van der Waals surface area contributed by atoms with Gasteiger partial charge in [-0.15, -0.1) is 0 Å². The number of carbonyl (C=O) groups excluding carboxylic acids is 2. The number of carbonyl (C=O) groups is 2. The predicted molar refractivity (Wildman–Crippen MR) is 119 cm³/mol. The van der Waals surface area contributed by atoms with E-state index < -0.39 is 33.6 Å². The van der Waals surface area contributed by atoms with Crippen LogP contribution in [0.4, 0.5) is 0 Å². The van der Waals surface area contributed by atoms with Crippen LogP contribution >= 0.6 is 46.4 Å². The third-order valence-corrected chi connectivity index (χ3v) is 7.63. The average molecular weight is 526 g/mol. The Balaban J connectivity index is 1.64. The molecule has 0 saturated carbocycles. The van der Waals surface area contributed by atoms with Gasteiger partial charge in [-0.25, -0.2) is 8.42 Å². The van der Waals surface area contributed by atoms with Crippen molar-refractivity contribution in [2.75, 3.05) is 11.5 Å². The second-order valence-electron chi connectivity index (χ2n) is 7.10. The first-order valence-electron chi connectivity index (χ1n) is 9.04. The number of hydrogen-bond acceptors (Lipinski definition) is 6. The molecule has 0 bridgehead atoms. The highest BCUT2D eigenvalue weighted by molar-refractivity contribution is 7.91. The first-order chi connectivity index (χ1) is 14.5. The Morgan fingerprint density at radius 3 is 1.52 bits per heavy atom. The van der Waals surface area contributed by atoms with Gasteiger partial charge in [0.25, 0.3) is 0 Å². The number of rotatable bonds is 6. The minimum Gasteiger partial charge on any atom is -0.425 e. The molecule has 6 nitrogen and oxygen atoms in total. The number of hydrogen-bond donors (Lipinski definition) is 0. The largest absolute Gasteiger partial charge is 0.425 e. The molecule has 1 fully saturated rings. The van der Waals surface area contributed by atoms with Crippen LogP contribution < -0.4 is 9.47 Å². The lowest BCUT2D eigenvalue weighted by Gasteiger charge is -2.17. The van der Waals surface area contributed by atoms with Crippen molar-refractivity contribution in [1.29, 1.82) is 0 Å². The Morgan fingerprint density at radius 2 is 1.16 bits per heavy atom. The third-order valence-electron chi connectivity index (χ3n) is 4.70. The molecule has 1 aliphatic rings. The predicted octanol–water partition coefficient (Wildman–Crippen LogP) is 5.25. The summed E-state index contributed by atoms with van der Waals surface area (Å²) in [6.45, 7) is 0. The third kappa shape index (κ3) is 6.73. The number of halogens is 4. The highest BCUT2D eigenvalue weighted by atomic mass is 35.5. The fourth-order valence-electron chi connectivity index (χ4n) is 3.32. The Bertz CT molecular complexity index is 1040. The first-order valence-corrected chi connectivity index (χ1v) is 12.4. The van der Waals surface area contributed by atoms with Gasteiger partial charge >= 0.3 is 11.9 Å². The smallest absolute Gasteiger partial charge is 0.311 e. The van der Waals surface area contributed by atoms with Crippen LogP contribution in [0.5, 0.6) is 11.5 Å². The van der Waals surface area contributed by atoms with Gasteiger partial charge < -0.3 is 9.47 Å². The second-order valence-corrected chi connectivity index (χ2v) is 10.9. The van der Waals surface area contributed by atoms with Crippen molar-refractivity contribution in [3.05, 3.63) is 56.5 Å². The van der Waals surface area contributed by atoms with Gasteiger partial charge in [0.2, 0.25) is 0 Å². The Labute approximate surface area is 199 Å². The van der Waals surface area contributed by atoms with Gasteiger partial charge in [-0.1, -0.05) is 46.4 Å². The van der Waals surface area contributed by atoms with Crippen LogP contribution in [-0.2, 0) is 19.4 Å². The van der Waals surface area contributed by atoms with Gasteiger partial charge in [-0.2, -0.15) is 0 Å². The van der Waals surface area contributed by atoms with Crippen LogP contribution in [-0.4, -0.2) is 31.9 Å². The minimum atomic E-state index is -3.41. The topological polar surface area (TPSA) is 86.7 Å². The number of sulfone groups is 1. The lowest BCUT2D eigenvalue weighted by atomic mass is 9.90. The number of ether oxygens (including phenoxy) is 2. The summed E-state index contributed by atoms with van der Waals surface area (Å²) in [6.07, 6.45) is -0.393. The summed E-state index contributed by atoms with van der Waals surface area (Å²) in [5.74, 6) is -2.74. The minimum absolute atomic E-state index is 0.116. The van der Waals surface area contributed by atoms with E-state index in [0.29, 0.717) is 10.0 Å². The first kappa shape index (κ1) is 24.1. The molecule has 1 heterocycles. The van der Waals surface area contributed by atoms with Crippen LogP contribution in [0, 0.1) is 11.8 Å². The number of esters is 2. The molecule has 166 valence electrons. The van der Waals surface area contributed by atoms with Gasteiger partial charge in [0.05, 0.1) is 34.4 Å². The van der Waals surface area contributed by atoms with E-state index in [9.17, 15) is 18.0 Å². The molecular weight excluding hydrogens is 510 g/mol. The zero-order chi connectivity index (χ0) is 22.8. The summed E-state index contributed by atoms with van der Waals surface area (Å²) < 4.78 is 34.7. The average Bonchev–Trinajstić information content (AvgIpc) is 2.92. The van der Waals surface area contributed by atoms with E-state index in [2.05, 4.69) is 0 Å². The molecule has 11 heteroatoms. The van der Waals surface area contributed by atoms with E-state index >= 15 is 0 Å². The molecule has 2 aromatic rings. The number of benzene rings is 2. The molecule has 0 spiro atoms. The molecule has 0 aromatic heterocycles. The highest BCUT2D eigenvalue weighted by Gasteiger charge is 2.40. The van der Waals surface area contributed by atoms with E-state index in [-0.39, 0.29) is 45.9 Å². The van der Waals surface area contributed by atoms with Gasteiger partial charge in [-0.3, -0.25) is 9.59 Å². The summed E-state index contributed by atoms with van der Waals surface area (Å²) in [6, 6.07) is 8.75. The molecule has 0 N–H and O–H groups in total. The fraction of sp³-hybridized carbons (Fsp3) is 0.300. The molecule has 0 amide bonds. The molecule has 1 aliphatic heterocycles. The van der Waals surface area contributed by atoms with Crippen molar-refractivity contribution >= 4 is 68.2 Å². The Morgan fingerprint density at radius 1 is 0.774 bits per heavy atom. The normalized spacial score (nSPS) is 19.7. The summed E-state index contributed by atoms with van der Waals surface area (Å²) in [4.78, 5) is 24.7. The SMILES string of the molecule is O=C(C[C@@H]1CS(=O)(=O)C[C@H]1CC(=O)Oc1ccc(Cl)cc1Cl)Oc1ccc(Cl)cc1Cl. The monoisotopic (exact) mass is 524 g/mol. The van der Waals surface area contributed by atoms with Crippen molar-refractivity contribution < 1.29 is 27.5 Å². The molecule has 3 rings (SSSR count). The molecular formula is C20H16Cl4O6S. The van der Waals surface area contributed by atoms with Gasteiger partial charge in [0.1, 0.15) is 11.5 Å². The van der Waals surface area contributed by atoms with Crippen LogP contribution in [0.25, 0.3) is 0 Å².